The van der Waals surface area contributed by atoms with Crippen LogP contribution < -0.4 is 20.3 Å². The van der Waals surface area contributed by atoms with E-state index in [1.807, 2.05) is 0 Å². The molecule has 86 heavy (non-hydrogen) atoms. The second-order valence-electron chi connectivity index (χ2n) is 19.2. The van der Waals surface area contributed by atoms with Gasteiger partial charge in [-0.3, -0.25) is 9.59 Å². The van der Waals surface area contributed by atoms with Gasteiger partial charge in [0, 0.05) is 41.5 Å². The molecule has 0 spiro atoms. The summed E-state index contributed by atoms with van der Waals surface area (Å²) >= 11 is 0. The number of aliphatic hydroxyl groups is 6. The molecule has 0 aliphatic carbocycles. The van der Waals surface area contributed by atoms with E-state index in [0.29, 0.717) is 5.56 Å². The summed E-state index contributed by atoms with van der Waals surface area (Å²) < 4.78 is 44.3. The van der Waals surface area contributed by atoms with Crippen LogP contribution in [0.25, 0.3) is 50.7 Å². The third-order valence-corrected chi connectivity index (χ3v) is 13.3. The summed E-state index contributed by atoms with van der Waals surface area (Å²) in [4.78, 5) is 51.8. The number of rotatable bonds is 13. The van der Waals surface area contributed by atoms with Crippen LogP contribution >= 0.6 is 0 Å². The first kappa shape index (κ1) is 60.3. The van der Waals surface area contributed by atoms with Crippen molar-refractivity contribution >= 4 is 40.0 Å². The molecule has 28 nitrogen and oxygen atoms in total. The zero-order chi connectivity index (χ0) is 62.0. The van der Waals surface area contributed by atoms with Gasteiger partial charge in [-0.2, -0.15) is 0 Å². The Hall–Kier alpha value is -10.3. The summed E-state index contributed by atoms with van der Waals surface area (Å²) in [5, 5.41) is 160. The number of fused-ring (bicyclic) bond motifs is 2. The predicted octanol–water partition coefficient (Wildman–Crippen LogP) is 2.46. The fourth-order valence-electron chi connectivity index (χ4n) is 8.82. The lowest BCUT2D eigenvalue weighted by Crippen LogP contribution is -2.60. The van der Waals surface area contributed by atoms with E-state index in [0.717, 1.165) is 42.5 Å². The normalized spacial score (nSPS) is 22.0. The van der Waals surface area contributed by atoms with Crippen LogP contribution in [0.3, 0.4) is 0 Å². The Bertz CT molecular complexity index is 3950. The Morgan fingerprint density at radius 3 is 1.27 bits per heavy atom. The van der Waals surface area contributed by atoms with Gasteiger partial charge in [0.1, 0.15) is 124 Å². The van der Waals surface area contributed by atoms with Crippen LogP contribution in [0.5, 0.6) is 69.0 Å². The van der Waals surface area contributed by atoms with Crippen molar-refractivity contribution in [2.24, 2.45) is 0 Å². The number of esters is 2. The van der Waals surface area contributed by atoms with E-state index in [9.17, 15) is 101 Å². The van der Waals surface area contributed by atoms with Crippen molar-refractivity contribution in [1.82, 2.24) is 0 Å². The lowest BCUT2D eigenvalue weighted by atomic mass is 9.99. The van der Waals surface area contributed by atoms with Crippen LogP contribution in [-0.2, 0) is 23.7 Å². The molecular formula is C58H50O28. The maximum absolute atomic E-state index is 13.5. The minimum absolute atomic E-state index is 0.0495. The Labute approximate surface area is 480 Å². The van der Waals surface area contributed by atoms with E-state index >= 15 is 0 Å². The summed E-state index contributed by atoms with van der Waals surface area (Å²) in [6, 6.07) is 22.2. The molecule has 8 aromatic rings. The molecule has 2 aliphatic heterocycles. The maximum Gasteiger partial charge on any atom is 0.338 e. The van der Waals surface area contributed by atoms with E-state index in [1.165, 1.54) is 66.7 Å². The Morgan fingerprint density at radius 1 is 0.453 bits per heavy atom. The lowest BCUT2D eigenvalue weighted by molar-refractivity contribution is -0.278. The van der Waals surface area contributed by atoms with Crippen molar-refractivity contribution < 1.29 is 129 Å². The van der Waals surface area contributed by atoms with Gasteiger partial charge in [-0.05, 0) is 84.4 Å². The van der Waals surface area contributed by atoms with Crippen molar-refractivity contribution in [3.05, 3.63) is 147 Å². The SMILES string of the molecule is O=C(/C=C/c1ccc(O)cc1)OC[C@H]1O[C@@H](Oc2c(-c3ccc(O)cc3)oc3cc(O)cc(O)c3c2=O)C(O)C(O)[C@@H]1O.O=C(OC[C@H]1O[C@@H](Oc2c(-c3ccc(O)cc3)oc3cc(O)cc(O)c3c2=O)C(O)C(O)[C@@H]1O)c1cc(O)c(O)c(O)c1. The largest absolute Gasteiger partial charge is 0.508 e. The van der Waals surface area contributed by atoms with Gasteiger partial charge in [0.05, 0.1) is 5.56 Å². The Balaban J connectivity index is 0.000000205. The summed E-state index contributed by atoms with van der Waals surface area (Å²) in [7, 11) is 0. The zero-order valence-corrected chi connectivity index (χ0v) is 43.8. The van der Waals surface area contributed by atoms with Gasteiger partial charge in [-0.1, -0.05) is 12.1 Å². The van der Waals surface area contributed by atoms with E-state index in [4.69, 9.17) is 37.3 Å². The third kappa shape index (κ3) is 12.8. The first-order valence-corrected chi connectivity index (χ1v) is 25.3. The molecule has 10 rings (SSSR count). The van der Waals surface area contributed by atoms with Crippen LogP contribution in [-0.4, -0.2) is 168 Å². The summed E-state index contributed by atoms with van der Waals surface area (Å²) in [5.74, 6) is -8.44. The highest BCUT2D eigenvalue weighted by atomic mass is 16.7. The zero-order valence-electron chi connectivity index (χ0n) is 43.8. The van der Waals surface area contributed by atoms with Crippen LogP contribution in [0.4, 0.5) is 0 Å². The van der Waals surface area contributed by atoms with Crippen molar-refractivity contribution in [3.8, 4) is 91.6 Å². The molecule has 0 radical (unpaired) electrons. The maximum atomic E-state index is 13.5. The van der Waals surface area contributed by atoms with Crippen LogP contribution in [0, 0.1) is 0 Å². The predicted molar refractivity (Wildman–Crippen MR) is 290 cm³/mol. The van der Waals surface area contributed by atoms with E-state index in [-0.39, 0.29) is 62.0 Å². The smallest absolute Gasteiger partial charge is 0.338 e. The van der Waals surface area contributed by atoms with E-state index in [1.54, 1.807) is 12.1 Å². The topological polar surface area (TPSA) is 474 Å². The van der Waals surface area contributed by atoms with Gasteiger partial charge in [0.2, 0.25) is 34.9 Å². The number of ether oxygens (including phenoxy) is 6. The van der Waals surface area contributed by atoms with Crippen molar-refractivity contribution in [1.29, 1.82) is 0 Å². The van der Waals surface area contributed by atoms with E-state index in [2.05, 4.69) is 0 Å². The number of hydrogen-bond donors (Lipinski definition) is 16. The molecule has 2 aromatic heterocycles. The quantitative estimate of drug-likeness (QED) is 0.0448. The van der Waals surface area contributed by atoms with Crippen molar-refractivity contribution in [2.45, 2.75) is 61.4 Å². The van der Waals surface area contributed by atoms with Crippen LogP contribution in [0.1, 0.15) is 15.9 Å². The third-order valence-electron chi connectivity index (χ3n) is 13.3. The number of benzene rings is 6. The first-order valence-electron chi connectivity index (χ1n) is 25.3. The molecule has 2 aliphatic rings. The van der Waals surface area contributed by atoms with Gasteiger partial charge in [-0.25, -0.2) is 9.59 Å². The highest BCUT2D eigenvalue weighted by Crippen LogP contribution is 2.41. The molecule has 4 heterocycles. The average molecular weight is 1200 g/mol. The first-order chi connectivity index (χ1) is 40.9. The molecule has 0 bridgehead atoms. The molecule has 4 unspecified atom stereocenters. The van der Waals surface area contributed by atoms with Gasteiger partial charge >= 0.3 is 11.9 Å². The Kier molecular flexibility index (Phi) is 17.4. The van der Waals surface area contributed by atoms with Crippen LogP contribution in [0.15, 0.2) is 134 Å². The molecule has 0 saturated carbocycles. The number of carbonyl (C=O) groups excluding carboxylic acids is 2. The summed E-state index contributed by atoms with van der Waals surface area (Å²) in [5.41, 5.74) is -1.76. The minimum Gasteiger partial charge on any atom is -0.508 e. The molecule has 2 saturated heterocycles. The fourth-order valence-corrected chi connectivity index (χ4v) is 8.82. The fraction of sp³-hybridized carbons (Fsp3) is 0.207. The number of aromatic hydroxyl groups is 10. The highest BCUT2D eigenvalue weighted by molar-refractivity contribution is 5.92. The van der Waals surface area contributed by atoms with Crippen molar-refractivity contribution in [2.75, 3.05) is 13.2 Å². The Morgan fingerprint density at radius 2 is 0.849 bits per heavy atom. The van der Waals surface area contributed by atoms with Gasteiger partial charge in [0.25, 0.3) is 0 Å². The molecule has 0 amide bonds. The number of aliphatic hydroxyl groups excluding tert-OH is 6. The average Bonchev–Trinajstić information content (AvgIpc) is 1.06. The van der Waals surface area contributed by atoms with E-state index < -0.39 is 155 Å². The van der Waals surface area contributed by atoms with Crippen LogP contribution in [0.2, 0.25) is 0 Å². The molecule has 450 valence electrons. The summed E-state index contributed by atoms with van der Waals surface area (Å²) in [6.07, 6.45) is -15.4. The number of hydrogen-bond acceptors (Lipinski definition) is 28. The van der Waals surface area contributed by atoms with Crippen molar-refractivity contribution in [3.63, 3.8) is 0 Å². The van der Waals surface area contributed by atoms with Gasteiger partial charge in [-0.15, -0.1) is 0 Å². The minimum atomic E-state index is -1.97. The monoisotopic (exact) mass is 1190 g/mol. The lowest BCUT2D eigenvalue weighted by Gasteiger charge is -2.39. The second kappa shape index (κ2) is 24.9. The standard InChI is InChI=1S/C30H26O13.C28H24O15/c31-16-6-1-14(2-7-16)3-10-22(35)40-13-21-24(36)26(38)27(39)30(42-21)43-29-25(37)23-19(34)11-18(33)12-20(23)41-28(29)15-4-8-17(32)9-5-15;29-12-3-1-10(2-4-12)25-26(22(36)19-14(31)7-13(30)8-17(19)41-25)43-28-24(38)23(37)21(35)18(42-28)9-40-27(39)11-5-15(32)20(34)16(33)6-11/h1-12,21,24,26-27,30-34,36,38-39H,13H2;1-8,18,21,23-24,28-35,37-38H,9H2/b10-3+;/t21-,24-,26?,27?,30+;18-,21-,23?,24?,28+/m11/s1. The second-order valence-corrected chi connectivity index (χ2v) is 19.2. The molecular weight excluding hydrogens is 1140 g/mol. The number of carbonyl (C=O) groups is 2. The molecule has 2 fully saturated rings. The van der Waals surface area contributed by atoms with Gasteiger partial charge < -0.3 is 119 Å². The number of phenols is 10. The summed E-state index contributed by atoms with van der Waals surface area (Å²) in [6.45, 7) is -1.34. The molecule has 10 atom stereocenters. The highest BCUT2D eigenvalue weighted by Gasteiger charge is 2.48. The molecule has 6 aromatic carbocycles. The molecule has 28 heteroatoms. The van der Waals surface area contributed by atoms with Gasteiger partial charge in [0.15, 0.2) is 28.8 Å². The number of phenolic OH excluding ortho intramolecular Hbond substituents is 10. The molecule has 16 N–H and O–H groups in total.